The normalized spacial score (nSPS) is 18.0. The van der Waals surface area contributed by atoms with Crippen LogP contribution in [0.25, 0.3) is 0 Å². The van der Waals surface area contributed by atoms with Crippen molar-refractivity contribution in [2.24, 2.45) is 0 Å². The summed E-state index contributed by atoms with van der Waals surface area (Å²) in [7, 11) is 0. The molecule has 1 aromatic carbocycles. The standard InChI is InChI=1S/C18H27BrN2O2/c1-4-17(23-16-7-5-14(19)6-8-16)18(22)20-15-9-11-21(12-10-15)13(2)3/h5-8,13,15,17H,4,9-12H2,1-3H3,(H,20,22)/t17-/m0/s1. The largest absolute Gasteiger partial charge is 0.481 e. The molecule has 0 saturated carbocycles. The predicted molar refractivity (Wildman–Crippen MR) is 96.7 cm³/mol. The maximum Gasteiger partial charge on any atom is 0.261 e. The third-order valence-corrected chi connectivity index (χ3v) is 4.89. The molecule has 0 aliphatic carbocycles. The summed E-state index contributed by atoms with van der Waals surface area (Å²) in [6, 6.07) is 8.43. The molecule has 0 aromatic heterocycles. The van der Waals surface area contributed by atoms with E-state index in [1.807, 2.05) is 31.2 Å². The highest BCUT2D eigenvalue weighted by molar-refractivity contribution is 9.10. The van der Waals surface area contributed by atoms with Crippen LogP contribution in [0, 0.1) is 0 Å². The fourth-order valence-electron chi connectivity index (χ4n) is 2.85. The van der Waals surface area contributed by atoms with Gasteiger partial charge >= 0.3 is 0 Å². The molecular weight excluding hydrogens is 356 g/mol. The third kappa shape index (κ3) is 5.50. The summed E-state index contributed by atoms with van der Waals surface area (Å²) < 4.78 is 6.84. The molecule has 1 aliphatic rings. The van der Waals surface area contributed by atoms with Gasteiger partial charge in [-0.15, -0.1) is 0 Å². The second-order valence-corrected chi connectivity index (χ2v) is 7.30. The van der Waals surface area contributed by atoms with Gasteiger partial charge in [0.25, 0.3) is 5.91 Å². The molecule has 2 rings (SSSR count). The summed E-state index contributed by atoms with van der Waals surface area (Å²) in [4.78, 5) is 14.9. The fraction of sp³-hybridized carbons (Fsp3) is 0.611. The number of benzene rings is 1. The number of rotatable bonds is 6. The molecule has 1 saturated heterocycles. The Kier molecular flexibility index (Phi) is 6.90. The van der Waals surface area contributed by atoms with Crippen molar-refractivity contribution in [1.29, 1.82) is 0 Å². The van der Waals surface area contributed by atoms with Gasteiger partial charge in [0.15, 0.2) is 6.10 Å². The smallest absolute Gasteiger partial charge is 0.261 e. The van der Waals surface area contributed by atoms with Gasteiger partial charge < -0.3 is 15.0 Å². The molecule has 1 atom stereocenters. The van der Waals surface area contributed by atoms with Crippen LogP contribution in [0.4, 0.5) is 0 Å². The van der Waals surface area contributed by atoms with Gasteiger partial charge in [-0.05, 0) is 57.4 Å². The molecule has 4 nitrogen and oxygen atoms in total. The van der Waals surface area contributed by atoms with Gasteiger partial charge in [-0.2, -0.15) is 0 Å². The lowest BCUT2D eigenvalue weighted by molar-refractivity contribution is -0.129. The van der Waals surface area contributed by atoms with Crippen molar-refractivity contribution < 1.29 is 9.53 Å². The number of hydrogen-bond acceptors (Lipinski definition) is 3. The van der Waals surface area contributed by atoms with E-state index >= 15 is 0 Å². The molecule has 23 heavy (non-hydrogen) atoms. The summed E-state index contributed by atoms with van der Waals surface area (Å²) in [5.41, 5.74) is 0. The zero-order chi connectivity index (χ0) is 16.8. The van der Waals surface area contributed by atoms with Gasteiger partial charge in [-0.1, -0.05) is 22.9 Å². The second kappa shape index (κ2) is 8.69. The number of piperidine rings is 1. The van der Waals surface area contributed by atoms with Crippen molar-refractivity contribution in [2.75, 3.05) is 13.1 Å². The number of halogens is 1. The van der Waals surface area contributed by atoms with Crippen LogP contribution < -0.4 is 10.1 Å². The Morgan fingerprint density at radius 3 is 2.43 bits per heavy atom. The number of nitrogens with zero attached hydrogens (tertiary/aromatic N) is 1. The van der Waals surface area contributed by atoms with Crippen LogP contribution >= 0.6 is 15.9 Å². The molecule has 1 N–H and O–H groups in total. The van der Waals surface area contributed by atoms with Crippen LogP contribution in [0.2, 0.25) is 0 Å². The lowest BCUT2D eigenvalue weighted by atomic mass is 10.0. The Labute approximate surface area is 147 Å². The zero-order valence-electron chi connectivity index (χ0n) is 14.2. The highest BCUT2D eigenvalue weighted by atomic mass is 79.9. The van der Waals surface area contributed by atoms with Gasteiger partial charge in [0.2, 0.25) is 0 Å². The van der Waals surface area contributed by atoms with Crippen LogP contribution in [0.1, 0.15) is 40.0 Å². The monoisotopic (exact) mass is 382 g/mol. The second-order valence-electron chi connectivity index (χ2n) is 6.38. The Bertz CT molecular complexity index is 496. The minimum absolute atomic E-state index is 0.00147. The van der Waals surface area contributed by atoms with Crippen molar-refractivity contribution in [1.82, 2.24) is 10.2 Å². The van der Waals surface area contributed by atoms with E-state index in [1.54, 1.807) is 0 Å². The van der Waals surface area contributed by atoms with Crippen molar-refractivity contribution in [3.8, 4) is 5.75 Å². The number of amides is 1. The van der Waals surface area contributed by atoms with Crippen molar-refractivity contribution in [3.63, 3.8) is 0 Å². The lowest BCUT2D eigenvalue weighted by Crippen LogP contribution is -2.49. The minimum atomic E-state index is -0.431. The molecule has 1 fully saturated rings. The van der Waals surface area contributed by atoms with Crippen LogP contribution in [-0.4, -0.2) is 42.1 Å². The molecule has 1 heterocycles. The summed E-state index contributed by atoms with van der Waals surface area (Å²) >= 11 is 3.40. The van der Waals surface area contributed by atoms with Crippen LogP contribution in [-0.2, 0) is 4.79 Å². The maximum absolute atomic E-state index is 12.5. The average molecular weight is 383 g/mol. The average Bonchev–Trinajstić information content (AvgIpc) is 2.54. The fourth-order valence-corrected chi connectivity index (χ4v) is 3.12. The first-order valence-corrected chi connectivity index (χ1v) is 9.25. The van der Waals surface area contributed by atoms with Crippen molar-refractivity contribution in [2.45, 2.75) is 58.2 Å². The maximum atomic E-state index is 12.5. The van der Waals surface area contributed by atoms with E-state index in [-0.39, 0.29) is 11.9 Å². The molecule has 0 radical (unpaired) electrons. The number of likely N-dealkylation sites (tertiary alicyclic amines) is 1. The third-order valence-electron chi connectivity index (χ3n) is 4.36. The SMILES string of the molecule is CC[C@H](Oc1ccc(Br)cc1)C(=O)NC1CCN(C(C)C)CC1. The topological polar surface area (TPSA) is 41.6 Å². The highest BCUT2D eigenvalue weighted by Gasteiger charge is 2.25. The molecule has 0 unspecified atom stereocenters. The van der Waals surface area contributed by atoms with Crippen molar-refractivity contribution in [3.05, 3.63) is 28.7 Å². The van der Waals surface area contributed by atoms with Gasteiger partial charge in [0.1, 0.15) is 5.75 Å². The van der Waals surface area contributed by atoms with E-state index in [0.717, 1.165) is 36.2 Å². The molecule has 1 aromatic rings. The number of carbonyl (C=O) groups excluding carboxylic acids is 1. The minimum Gasteiger partial charge on any atom is -0.481 e. The number of nitrogens with one attached hydrogen (secondary N) is 1. The van der Waals surface area contributed by atoms with E-state index in [4.69, 9.17) is 4.74 Å². The Morgan fingerprint density at radius 2 is 1.91 bits per heavy atom. The first kappa shape index (κ1) is 18.3. The van der Waals surface area contributed by atoms with Crippen molar-refractivity contribution >= 4 is 21.8 Å². The van der Waals surface area contributed by atoms with E-state index in [0.29, 0.717) is 12.5 Å². The van der Waals surface area contributed by atoms with E-state index < -0.39 is 6.10 Å². The zero-order valence-corrected chi connectivity index (χ0v) is 15.8. The first-order chi connectivity index (χ1) is 11.0. The number of ether oxygens (including phenoxy) is 1. The molecule has 5 heteroatoms. The van der Waals surface area contributed by atoms with E-state index in [2.05, 4.69) is 40.0 Å². The summed E-state index contributed by atoms with van der Waals surface area (Å²) in [5, 5.41) is 3.16. The van der Waals surface area contributed by atoms with Crippen LogP contribution in [0.3, 0.4) is 0 Å². The van der Waals surface area contributed by atoms with Gasteiger partial charge in [0.05, 0.1) is 0 Å². The molecule has 1 amide bonds. The first-order valence-electron chi connectivity index (χ1n) is 8.46. The predicted octanol–water partition coefficient (Wildman–Crippen LogP) is 3.60. The summed E-state index contributed by atoms with van der Waals surface area (Å²) in [5.74, 6) is 0.725. The Morgan fingerprint density at radius 1 is 1.30 bits per heavy atom. The molecule has 0 spiro atoms. The number of hydrogen-bond donors (Lipinski definition) is 1. The van der Waals surface area contributed by atoms with Crippen LogP contribution in [0.15, 0.2) is 28.7 Å². The van der Waals surface area contributed by atoms with Gasteiger partial charge in [-0.3, -0.25) is 4.79 Å². The van der Waals surface area contributed by atoms with Gasteiger partial charge in [0, 0.05) is 29.6 Å². The highest BCUT2D eigenvalue weighted by Crippen LogP contribution is 2.19. The van der Waals surface area contributed by atoms with E-state index in [1.165, 1.54) is 0 Å². The lowest BCUT2D eigenvalue weighted by Gasteiger charge is -2.35. The van der Waals surface area contributed by atoms with Gasteiger partial charge in [-0.25, -0.2) is 0 Å². The molecule has 1 aliphatic heterocycles. The molecular formula is C18H27BrN2O2. The number of carbonyl (C=O) groups is 1. The van der Waals surface area contributed by atoms with E-state index in [9.17, 15) is 4.79 Å². The molecule has 128 valence electrons. The quantitative estimate of drug-likeness (QED) is 0.816. The Hall–Kier alpha value is -1.07. The van der Waals surface area contributed by atoms with Crippen LogP contribution in [0.5, 0.6) is 5.75 Å². The summed E-state index contributed by atoms with van der Waals surface area (Å²) in [6.07, 6.45) is 2.25. The summed E-state index contributed by atoms with van der Waals surface area (Å²) in [6.45, 7) is 8.51. The Balaban J connectivity index is 1.84. The molecule has 0 bridgehead atoms.